The smallest absolute Gasteiger partial charge is 0.303 e. The molecule has 0 radical (unpaired) electrons. The van der Waals surface area contributed by atoms with Crippen LogP contribution in [0.1, 0.15) is 25.7 Å². The molecule has 0 spiro atoms. The zero-order valence-electron chi connectivity index (χ0n) is 9.45. The third-order valence-corrected chi connectivity index (χ3v) is 2.15. The van der Waals surface area contributed by atoms with Gasteiger partial charge in [0.25, 0.3) is 0 Å². The van der Waals surface area contributed by atoms with Crippen molar-refractivity contribution in [3.05, 3.63) is 0 Å². The summed E-state index contributed by atoms with van der Waals surface area (Å²) in [6.07, 6.45) is 1.80. The van der Waals surface area contributed by atoms with E-state index in [4.69, 9.17) is 5.11 Å². The maximum absolute atomic E-state index is 11.4. The largest absolute Gasteiger partial charge is 0.481 e. The summed E-state index contributed by atoms with van der Waals surface area (Å²) in [6.45, 7) is 1.46. The van der Waals surface area contributed by atoms with E-state index in [9.17, 15) is 9.59 Å². The van der Waals surface area contributed by atoms with Gasteiger partial charge in [0, 0.05) is 33.0 Å². The van der Waals surface area contributed by atoms with Gasteiger partial charge in [-0.25, -0.2) is 0 Å². The Morgan fingerprint density at radius 2 is 1.87 bits per heavy atom. The lowest BCUT2D eigenvalue weighted by atomic mass is 10.2. The summed E-state index contributed by atoms with van der Waals surface area (Å²) in [6, 6.07) is 0. The molecule has 0 aliphatic rings. The van der Waals surface area contributed by atoms with Crippen molar-refractivity contribution >= 4 is 11.9 Å². The van der Waals surface area contributed by atoms with Crippen molar-refractivity contribution in [3.63, 3.8) is 0 Å². The highest BCUT2D eigenvalue weighted by atomic mass is 16.4. The number of likely N-dealkylation sites (N-methyl/N-ethyl adjacent to an activating group) is 2. The van der Waals surface area contributed by atoms with Crippen LogP contribution in [0.4, 0.5) is 0 Å². The first kappa shape index (κ1) is 13.9. The van der Waals surface area contributed by atoms with E-state index in [2.05, 4.69) is 5.32 Å². The molecule has 0 saturated heterocycles. The highest BCUT2D eigenvalue weighted by Crippen LogP contribution is 2.02. The Bertz CT molecular complexity index is 207. The van der Waals surface area contributed by atoms with Crippen LogP contribution in [-0.4, -0.2) is 49.1 Å². The van der Waals surface area contributed by atoms with Crippen molar-refractivity contribution in [2.45, 2.75) is 25.7 Å². The molecule has 0 bridgehead atoms. The Morgan fingerprint density at radius 3 is 2.40 bits per heavy atom. The fourth-order valence-corrected chi connectivity index (χ4v) is 1.15. The Kier molecular flexibility index (Phi) is 7.62. The van der Waals surface area contributed by atoms with Crippen LogP contribution in [0.2, 0.25) is 0 Å². The zero-order valence-corrected chi connectivity index (χ0v) is 9.45. The van der Waals surface area contributed by atoms with Crippen molar-refractivity contribution in [1.82, 2.24) is 10.2 Å². The molecule has 5 heteroatoms. The van der Waals surface area contributed by atoms with Gasteiger partial charge in [0.1, 0.15) is 0 Å². The van der Waals surface area contributed by atoms with E-state index in [1.165, 1.54) is 0 Å². The molecule has 0 aromatic carbocycles. The van der Waals surface area contributed by atoms with Gasteiger partial charge < -0.3 is 15.3 Å². The minimum atomic E-state index is -0.800. The quantitative estimate of drug-likeness (QED) is 0.573. The Balaban J connectivity index is 3.51. The minimum Gasteiger partial charge on any atom is -0.481 e. The van der Waals surface area contributed by atoms with E-state index in [-0.39, 0.29) is 12.3 Å². The number of unbranched alkanes of at least 4 members (excludes halogenated alkanes) is 1. The van der Waals surface area contributed by atoms with E-state index in [1.807, 2.05) is 7.05 Å². The molecule has 88 valence electrons. The predicted molar refractivity (Wildman–Crippen MR) is 57.7 cm³/mol. The molecule has 0 heterocycles. The number of hydrogen-bond donors (Lipinski definition) is 2. The molecule has 0 aromatic rings. The molecule has 0 aliphatic heterocycles. The Morgan fingerprint density at radius 1 is 1.27 bits per heavy atom. The number of rotatable bonds is 8. The number of amides is 1. The third-order valence-electron chi connectivity index (χ3n) is 2.15. The molecule has 0 aromatic heterocycles. The van der Waals surface area contributed by atoms with Gasteiger partial charge in [-0.15, -0.1) is 0 Å². The molecule has 0 fully saturated rings. The zero-order chi connectivity index (χ0) is 11.7. The number of carboxylic acids is 1. The van der Waals surface area contributed by atoms with E-state index in [1.54, 1.807) is 11.9 Å². The van der Waals surface area contributed by atoms with Crippen LogP contribution >= 0.6 is 0 Å². The van der Waals surface area contributed by atoms with Crippen LogP contribution in [0, 0.1) is 0 Å². The first-order valence-electron chi connectivity index (χ1n) is 5.18. The number of nitrogens with one attached hydrogen (secondary N) is 1. The van der Waals surface area contributed by atoms with Crippen LogP contribution in [0.25, 0.3) is 0 Å². The molecular formula is C10H20N2O3. The summed E-state index contributed by atoms with van der Waals surface area (Å²) in [5.74, 6) is -0.721. The summed E-state index contributed by atoms with van der Waals surface area (Å²) < 4.78 is 0. The number of aliphatic carboxylic acids is 1. The van der Waals surface area contributed by atoms with Crippen molar-refractivity contribution in [2.75, 3.05) is 27.2 Å². The number of carboxylic acid groups (broad SMARTS) is 1. The maximum atomic E-state index is 11.4. The molecule has 1 amide bonds. The van der Waals surface area contributed by atoms with Crippen LogP contribution in [0.3, 0.4) is 0 Å². The first-order chi connectivity index (χ1) is 7.07. The van der Waals surface area contributed by atoms with Gasteiger partial charge in [-0.1, -0.05) is 0 Å². The fourth-order valence-electron chi connectivity index (χ4n) is 1.15. The highest BCUT2D eigenvalue weighted by Gasteiger charge is 2.07. The van der Waals surface area contributed by atoms with Crippen LogP contribution < -0.4 is 5.32 Å². The molecule has 2 N–H and O–H groups in total. The molecule has 15 heavy (non-hydrogen) atoms. The molecule has 0 aliphatic carbocycles. The van der Waals surface area contributed by atoms with Gasteiger partial charge in [0.05, 0.1) is 0 Å². The van der Waals surface area contributed by atoms with E-state index < -0.39 is 5.97 Å². The van der Waals surface area contributed by atoms with Gasteiger partial charge in [-0.3, -0.25) is 9.59 Å². The molecule has 5 nitrogen and oxygen atoms in total. The summed E-state index contributed by atoms with van der Waals surface area (Å²) in [7, 11) is 3.60. The van der Waals surface area contributed by atoms with Gasteiger partial charge in [-0.05, 0) is 19.9 Å². The SMILES string of the molecule is CNCCN(C)C(=O)CCCCC(=O)O. The van der Waals surface area contributed by atoms with Gasteiger partial charge in [-0.2, -0.15) is 0 Å². The van der Waals surface area contributed by atoms with Gasteiger partial charge in [0.2, 0.25) is 5.91 Å². The fraction of sp³-hybridized carbons (Fsp3) is 0.800. The molecular weight excluding hydrogens is 196 g/mol. The van der Waals surface area contributed by atoms with Gasteiger partial charge >= 0.3 is 5.97 Å². The molecule has 0 unspecified atom stereocenters. The summed E-state index contributed by atoms with van der Waals surface area (Å²) in [4.78, 5) is 23.3. The third kappa shape index (κ3) is 7.93. The minimum absolute atomic E-state index is 0.0793. The number of nitrogens with zero attached hydrogens (tertiary/aromatic N) is 1. The van der Waals surface area contributed by atoms with Crippen LogP contribution in [-0.2, 0) is 9.59 Å². The van der Waals surface area contributed by atoms with Crippen molar-refractivity contribution in [2.24, 2.45) is 0 Å². The standard InChI is InChI=1S/C10H20N2O3/c1-11-7-8-12(2)9(13)5-3-4-6-10(14)15/h11H,3-8H2,1-2H3,(H,14,15). The number of hydrogen-bond acceptors (Lipinski definition) is 3. The van der Waals surface area contributed by atoms with E-state index in [0.29, 0.717) is 25.8 Å². The average Bonchev–Trinajstić information content (AvgIpc) is 2.20. The van der Waals surface area contributed by atoms with E-state index in [0.717, 1.165) is 6.54 Å². The highest BCUT2D eigenvalue weighted by molar-refractivity contribution is 5.75. The molecule has 0 atom stereocenters. The number of carbonyl (C=O) groups is 2. The van der Waals surface area contributed by atoms with Crippen molar-refractivity contribution in [3.8, 4) is 0 Å². The van der Waals surface area contributed by atoms with E-state index >= 15 is 0 Å². The van der Waals surface area contributed by atoms with Crippen molar-refractivity contribution < 1.29 is 14.7 Å². The maximum Gasteiger partial charge on any atom is 0.303 e. The topological polar surface area (TPSA) is 69.6 Å². The van der Waals surface area contributed by atoms with Gasteiger partial charge in [0.15, 0.2) is 0 Å². The summed E-state index contributed by atoms with van der Waals surface area (Å²) >= 11 is 0. The predicted octanol–water partition coefficient (Wildman–Crippen LogP) is 0.309. The lowest BCUT2D eigenvalue weighted by Crippen LogP contribution is -2.32. The van der Waals surface area contributed by atoms with Crippen LogP contribution in [0.15, 0.2) is 0 Å². The molecule has 0 rings (SSSR count). The second kappa shape index (κ2) is 8.23. The first-order valence-corrected chi connectivity index (χ1v) is 5.18. The second-order valence-corrected chi connectivity index (χ2v) is 3.52. The Labute approximate surface area is 90.5 Å². The lowest BCUT2D eigenvalue weighted by Gasteiger charge is -2.16. The monoisotopic (exact) mass is 216 g/mol. The number of carbonyl (C=O) groups excluding carboxylic acids is 1. The molecule has 0 saturated carbocycles. The Hall–Kier alpha value is -1.10. The average molecular weight is 216 g/mol. The lowest BCUT2D eigenvalue weighted by molar-refractivity contribution is -0.137. The summed E-state index contributed by atoms with van der Waals surface area (Å²) in [5.41, 5.74) is 0. The van der Waals surface area contributed by atoms with Crippen molar-refractivity contribution in [1.29, 1.82) is 0 Å². The second-order valence-electron chi connectivity index (χ2n) is 3.52. The van der Waals surface area contributed by atoms with Crippen LogP contribution in [0.5, 0.6) is 0 Å². The summed E-state index contributed by atoms with van der Waals surface area (Å²) in [5, 5.41) is 11.4. The normalized spacial score (nSPS) is 10.0.